The van der Waals surface area contributed by atoms with Gasteiger partial charge in [0.25, 0.3) is 0 Å². The maximum absolute atomic E-state index is 13.1. The number of pyridine rings is 1. The van der Waals surface area contributed by atoms with Crippen molar-refractivity contribution in [1.29, 1.82) is 0 Å². The van der Waals surface area contributed by atoms with Crippen molar-refractivity contribution in [2.24, 2.45) is 0 Å². The topological polar surface area (TPSA) is 12.9 Å². The van der Waals surface area contributed by atoms with Gasteiger partial charge in [-0.1, -0.05) is 0 Å². The van der Waals surface area contributed by atoms with E-state index in [2.05, 4.69) is 20.9 Å². The van der Waals surface area contributed by atoms with Gasteiger partial charge >= 0.3 is 0 Å². The van der Waals surface area contributed by atoms with Gasteiger partial charge in [0.1, 0.15) is 5.82 Å². The maximum atomic E-state index is 13.1. The Morgan fingerprint density at radius 1 is 1.25 bits per heavy atom. The number of benzene rings is 1. The predicted octanol–water partition coefficient (Wildman–Crippen LogP) is 3.14. The molecule has 12 heavy (non-hydrogen) atoms. The third-order valence-electron chi connectivity index (χ3n) is 1.67. The molecule has 0 fully saturated rings. The molecular formula is C9H5BrFN. The van der Waals surface area contributed by atoms with E-state index in [0.717, 1.165) is 4.47 Å². The fraction of sp³-hybridized carbons (Fsp3) is 0. The van der Waals surface area contributed by atoms with E-state index in [0.29, 0.717) is 10.9 Å². The smallest absolute Gasteiger partial charge is 0.132 e. The van der Waals surface area contributed by atoms with E-state index >= 15 is 0 Å². The van der Waals surface area contributed by atoms with Crippen LogP contribution < -0.4 is 0 Å². The lowest BCUT2D eigenvalue weighted by atomic mass is 10.2. The van der Waals surface area contributed by atoms with Crippen molar-refractivity contribution in [3.8, 4) is 0 Å². The molecular weight excluding hydrogens is 221 g/mol. The molecule has 0 unspecified atom stereocenters. The summed E-state index contributed by atoms with van der Waals surface area (Å²) in [6.07, 6.45) is 1.65. The average molecular weight is 226 g/mol. The third-order valence-corrected chi connectivity index (χ3v) is 2.31. The van der Waals surface area contributed by atoms with Gasteiger partial charge in [0.2, 0.25) is 0 Å². The van der Waals surface area contributed by atoms with Gasteiger partial charge in [-0.05, 0) is 40.2 Å². The minimum Gasteiger partial charge on any atom is -0.255 e. The molecule has 1 nitrogen and oxygen atoms in total. The largest absolute Gasteiger partial charge is 0.255 e. The van der Waals surface area contributed by atoms with E-state index in [1.807, 2.05) is 0 Å². The zero-order valence-electron chi connectivity index (χ0n) is 6.09. The van der Waals surface area contributed by atoms with E-state index in [9.17, 15) is 4.39 Å². The van der Waals surface area contributed by atoms with Crippen LogP contribution in [0.2, 0.25) is 0 Å². The maximum Gasteiger partial charge on any atom is 0.132 e. The molecule has 0 saturated carbocycles. The first-order valence-electron chi connectivity index (χ1n) is 3.48. The summed E-state index contributed by atoms with van der Waals surface area (Å²) in [6, 6.07) is 6.51. The van der Waals surface area contributed by atoms with Gasteiger partial charge in [-0.2, -0.15) is 0 Å². The third kappa shape index (κ3) is 1.10. The molecule has 1 aromatic heterocycles. The Morgan fingerprint density at radius 3 is 2.83 bits per heavy atom. The molecule has 0 aliphatic carbocycles. The van der Waals surface area contributed by atoms with Crippen molar-refractivity contribution in [3.05, 3.63) is 40.8 Å². The molecule has 0 aliphatic rings. The van der Waals surface area contributed by atoms with Gasteiger partial charge in [-0.15, -0.1) is 0 Å². The highest BCUT2D eigenvalue weighted by Gasteiger charge is 2.02. The van der Waals surface area contributed by atoms with Crippen molar-refractivity contribution >= 4 is 26.8 Å². The number of nitrogens with zero attached hydrogens (tertiary/aromatic N) is 1. The molecule has 0 saturated heterocycles. The van der Waals surface area contributed by atoms with Crippen molar-refractivity contribution in [2.75, 3.05) is 0 Å². The van der Waals surface area contributed by atoms with Crippen LogP contribution in [0.1, 0.15) is 0 Å². The quantitative estimate of drug-likeness (QED) is 0.672. The van der Waals surface area contributed by atoms with Crippen molar-refractivity contribution in [2.45, 2.75) is 0 Å². The number of fused-ring (bicyclic) bond motifs is 1. The lowest BCUT2D eigenvalue weighted by molar-refractivity contribution is 0.639. The lowest BCUT2D eigenvalue weighted by Crippen LogP contribution is -1.82. The van der Waals surface area contributed by atoms with E-state index in [1.54, 1.807) is 24.4 Å². The second-order valence-electron chi connectivity index (χ2n) is 2.43. The fourth-order valence-corrected chi connectivity index (χ4v) is 1.55. The summed E-state index contributed by atoms with van der Waals surface area (Å²) in [5.74, 6) is -0.235. The Hall–Kier alpha value is -0.960. The standard InChI is InChI=1S/C9H5BrFN/c10-7-3-4-8(11)6-2-1-5-12-9(6)7/h1-5H. The molecule has 0 amide bonds. The van der Waals surface area contributed by atoms with Crippen LogP contribution in [0.15, 0.2) is 34.9 Å². The number of halogens is 2. The van der Waals surface area contributed by atoms with Gasteiger partial charge in [0, 0.05) is 16.1 Å². The van der Waals surface area contributed by atoms with Crippen LogP contribution in [0.5, 0.6) is 0 Å². The Bertz CT molecular complexity index is 387. The second kappa shape index (κ2) is 2.83. The molecule has 60 valence electrons. The zero-order chi connectivity index (χ0) is 8.55. The summed E-state index contributed by atoms with van der Waals surface area (Å²) in [5.41, 5.74) is 0.664. The Kier molecular flexibility index (Phi) is 1.81. The van der Waals surface area contributed by atoms with Crippen LogP contribution in [0.25, 0.3) is 10.9 Å². The highest BCUT2D eigenvalue weighted by molar-refractivity contribution is 9.10. The summed E-state index contributed by atoms with van der Waals surface area (Å²) >= 11 is 3.30. The molecule has 2 rings (SSSR count). The number of hydrogen-bond acceptors (Lipinski definition) is 1. The van der Waals surface area contributed by atoms with Crippen molar-refractivity contribution in [3.63, 3.8) is 0 Å². The van der Waals surface area contributed by atoms with Crippen molar-refractivity contribution < 1.29 is 4.39 Å². The molecule has 0 bridgehead atoms. The number of aromatic nitrogens is 1. The number of rotatable bonds is 0. The van der Waals surface area contributed by atoms with E-state index in [-0.39, 0.29) is 5.82 Å². The molecule has 1 heterocycles. The Morgan fingerprint density at radius 2 is 2.08 bits per heavy atom. The van der Waals surface area contributed by atoms with Gasteiger partial charge < -0.3 is 0 Å². The highest BCUT2D eigenvalue weighted by atomic mass is 79.9. The van der Waals surface area contributed by atoms with Gasteiger partial charge in [0.15, 0.2) is 0 Å². The first-order valence-corrected chi connectivity index (χ1v) is 4.27. The zero-order valence-corrected chi connectivity index (χ0v) is 7.68. The first-order chi connectivity index (χ1) is 5.79. The predicted molar refractivity (Wildman–Crippen MR) is 49.4 cm³/mol. The second-order valence-corrected chi connectivity index (χ2v) is 3.28. The van der Waals surface area contributed by atoms with E-state index in [1.165, 1.54) is 6.07 Å². The average Bonchev–Trinajstić information content (AvgIpc) is 2.12. The summed E-state index contributed by atoms with van der Waals surface area (Å²) in [4.78, 5) is 4.05. The van der Waals surface area contributed by atoms with E-state index in [4.69, 9.17) is 0 Å². The lowest BCUT2D eigenvalue weighted by Gasteiger charge is -1.99. The molecule has 0 aliphatic heterocycles. The Labute approximate surface area is 77.4 Å². The monoisotopic (exact) mass is 225 g/mol. The first kappa shape index (κ1) is 7.68. The molecule has 2 aromatic rings. The van der Waals surface area contributed by atoms with Crippen LogP contribution in [0, 0.1) is 5.82 Å². The fourth-order valence-electron chi connectivity index (χ4n) is 1.10. The molecule has 0 N–H and O–H groups in total. The van der Waals surface area contributed by atoms with Crippen LogP contribution in [0.4, 0.5) is 4.39 Å². The minimum atomic E-state index is -0.235. The van der Waals surface area contributed by atoms with Gasteiger partial charge in [-0.3, -0.25) is 4.98 Å². The molecule has 1 aromatic carbocycles. The summed E-state index contributed by atoms with van der Waals surface area (Å²) in [5, 5.41) is 0.548. The number of hydrogen-bond donors (Lipinski definition) is 0. The molecule has 0 spiro atoms. The van der Waals surface area contributed by atoms with Crippen molar-refractivity contribution in [1.82, 2.24) is 4.98 Å². The van der Waals surface area contributed by atoms with Crippen LogP contribution in [-0.4, -0.2) is 4.98 Å². The SMILES string of the molecule is Fc1ccc(Br)c2ncccc12. The van der Waals surface area contributed by atoms with Gasteiger partial charge in [-0.25, -0.2) is 4.39 Å². The highest BCUT2D eigenvalue weighted by Crippen LogP contribution is 2.23. The minimum absolute atomic E-state index is 0.235. The normalized spacial score (nSPS) is 10.5. The molecule has 3 heteroatoms. The van der Waals surface area contributed by atoms with Crippen LogP contribution in [-0.2, 0) is 0 Å². The van der Waals surface area contributed by atoms with Crippen LogP contribution >= 0.6 is 15.9 Å². The van der Waals surface area contributed by atoms with Gasteiger partial charge in [0.05, 0.1) is 5.52 Å². The Balaban J connectivity index is 2.95. The summed E-state index contributed by atoms with van der Waals surface area (Å²) in [6.45, 7) is 0. The summed E-state index contributed by atoms with van der Waals surface area (Å²) < 4.78 is 13.9. The molecule has 0 radical (unpaired) electrons. The van der Waals surface area contributed by atoms with E-state index < -0.39 is 0 Å². The molecule has 0 atom stereocenters. The summed E-state index contributed by atoms with van der Waals surface area (Å²) in [7, 11) is 0. The van der Waals surface area contributed by atoms with Crippen LogP contribution in [0.3, 0.4) is 0 Å².